The van der Waals surface area contributed by atoms with Crippen LogP contribution in [0.1, 0.15) is 21.5 Å². The molecule has 3 rings (SSSR count). The first-order chi connectivity index (χ1) is 15.1. The number of aryl methyl sites for hydroxylation is 1. The molecule has 0 aliphatic rings. The van der Waals surface area contributed by atoms with Gasteiger partial charge in [0.1, 0.15) is 11.6 Å². The average molecular weight is 446 g/mol. The number of benzene rings is 3. The van der Waals surface area contributed by atoms with Crippen molar-refractivity contribution in [2.45, 2.75) is 13.1 Å². The highest BCUT2D eigenvalue weighted by Crippen LogP contribution is 2.36. The van der Waals surface area contributed by atoms with Gasteiger partial charge in [0.25, 0.3) is 11.8 Å². The van der Waals surface area contributed by atoms with E-state index in [0.29, 0.717) is 11.8 Å². The maximum Gasteiger partial charge on any atom is 0.418 e. The summed E-state index contributed by atoms with van der Waals surface area (Å²) in [6, 6.07) is 14.8. The van der Waals surface area contributed by atoms with E-state index in [9.17, 15) is 27.2 Å². The number of amides is 2. The molecule has 0 fully saturated rings. The van der Waals surface area contributed by atoms with Gasteiger partial charge in [0, 0.05) is 5.69 Å². The third-order valence-electron chi connectivity index (χ3n) is 4.33. The lowest BCUT2D eigenvalue weighted by Gasteiger charge is -2.16. The van der Waals surface area contributed by atoms with Crippen molar-refractivity contribution in [1.29, 1.82) is 0 Å². The lowest BCUT2D eigenvalue weighted by atomic mass is 10.1. The van der Waals surface area contributed by atoms with Crippen LogP contribution < -0.4 is 15.4 Å². The molecule has 0 saturated heterocycles. The predicted octanol–water partition coefficient (Wildman–Crippen LogP) is 5.42. The number of rotatable bonds is 6. The van der Waals surface area contributed by atoms with E-state index in [1.54, 1.807) is 18.2 Å². The van der Waals surface area contributed by atoms with Gasteiger partial charge >= 0.3 is 6.18 Å². The van der Waals surface area contributed by atoms with E-state index >= 15 is 0 Å². The van der Waals surface area contributed by atoms with Crippen LogP contribution in [0.3, 0.4) is 0 Å². The summed E-state index contributed by atoms with van der Waals surface area (Å²) in [6.07, 6.45) is -4.82. The third kappa shape index (κ3) is 5.84. The van der Waals surface area contributed by atoms with Crippen LogP contribution in [0.15, 0.2) is 66.7 Å². The topological polar surface area (TPSA) is 67.4 Å². The van der Waals surface area contributed by atoms with Crippen LogP contribution in [0.2, 0.25) is 0 Å². The molecule has 0 saturated carbocycles. The molecule has 0 aliphatic heterocycles. The Bertz CT molecular complexity index is 1150. The molecule has 0 aliphatic carbocycles. The Morgan fingerprint density at radius 3 is 2.38 bits per heavy atom. The van der Waals surface area contributed by atoms with Crippen LogP contribution in [-0.4, -0.2) is 18.4 Å². The largest absolute Gasteiger partial charge is 0.484 e. The Morgan fingerprint density at radius 2 is 1.69 bits per heavy atom. The molecule has 2 amide bonds. The minimum atomic E-state index is -4.82. The number of anilines is 2. The van der Waals surface area contributed by atoms with Gasteiger partial charge in [0.05, 0.1) is 16.8 Å². The van der Waals surface area contributed by atoms with Gasteiger partial charge < -0.3 is 15.4 Å². The Kier molecular flexibility index (Phi) is 6.77. The molecule has 0 spiro atoms. The van der Waals surface area contributed by atoms with E-state index in [-0.39, 0.29) is 11.3 Å². The second-order valence-electron chi connectivity index (χ2n) is 6.85. The highest BCUT2D eigenvalue weighted by molar-refractivity contribution is 6.04. The van der Waals surface area contributed by atoms with E-state index in [1.807, 2.05) is 13.0 Å². The lowest BCUT2D eigenvalue weighted by molar-refractivity contribution is -0.137. The maximum atomic E-state index is 13.7. The van der Waals surface area contributed by atoms with Crippen LogP contribution >= 0.6 is 0 Å². The summed E-state index contributed by atoms with van der Waals surface area (Å²) in [5.74, 6) is -2.10. The summed E-state index contributed by atoms with van der Waals surface area (Å²) >= 11 is 0. The normalized spacial score (nSPS) is 11.0. The number of carbonyl (C=O) groups is 2. The van der Waals surface area contributed by atoms with Gasteiger partial charge in [0.15, 0.2) is 6.61 Å². The molecule has 32 heavy (non-hydrogen) atoms. The molecule has 9 heteroatoms. The average Bonchev–Trinajstić information content (AvgIpc) is 2.73. The van der Waals surface area contributed by atoms with Gasteiger partial charge in [-0.2, -0.15) is 13.2 Å². The van der Waals surface area contributed by atoms with Crippen molar-refractivity contribution in [3.8, 4) is 5.75 Å². The Morgan fingerprint density at radius 1 is 0.938 bits per heavy atom. The van der Waals surface area contributed by atoms with Crippen molar-refractivity contribution in [3.63, 3.8) is 0 Å². The molecule has 0 bridgehead atoms. The number of alkyl halides is 3. The van der Waals surface area contributed by atoms with E-state index in [4.69, 9.17) is 4.74 Å². The zero-order chi connectivity index (χ0) is 23.3. The number of hydrogen-bond donors (Lipinski definition) is 2. The fourth-order valence-electron chi connectivity index (χ4n) is 2.85. The molecule has 166 valence electrons. The Labute approximate surface area is 181 Å². The van der Waals surface area contributed by atoms with Gasteiger partial charge in [0.2, 0.25) is 0 Å². The summed E-state index contributed by atoms with van der Waals surface area (Å²) in [7, 11) is 0. The quantitative estimate of drug-likeness (QED) is 0.497. The van der Waals surface area contributed by atoms with E-state index in [2.05, 4.69) is 10.6 Å². The van der Waals surface area contributed by atoms with Crippen molar-refractivity contribution in [1.82, 2.24) is 0 Å². The summed E-state index contributed by atoms with van der Waals surface area (Å²) in [5.41, 5.74) is -1.30. The van der Waals surface area contributed by atoms with Crippen LogP contribution in [0, 0.1) is 12.7 Å². The fourth-order valence-corrected chi connectivity index (χ4v) is 2.85. The van der Waals surface area contributed by atoms with Crippen LogP contribution in [-0.2, 0) is 11.0 Å². The van der Waals surface area contributed by atoms with Gasteiger partial charge in [-0.15, -0.1) is 0 Å². The second kappa shape index (κ2) is 9.51. The number of halogens is 4. The minimum Gasteiger partial charge on any atom is -0.484 e. The van der Waals surface area contributed by atoms with Gasteiger partial charge in [-0.25, -0.2) is 4.39 Å². The molecule has 3 aromatic rings. The predicted molar refractivity (Wildman–Crippen MR) is 111 cm³/mol. The smallest absolute Gasteiger partial charge is 0.418 e. The highest BCUT2D eigenvalue weighted by atomic mass is 19.4. The number of carbonyl (C=O) groups excluding carboxylic acids is 2. The molecule has 2 N–H and O–H groups in total. The van der Waals surface area contributed by atoms with Crippen LogP contribution in [0.4, 0.5) is 28.9 Å². The van der Waals surface area contributed by atoms with E-state index < -0.39 is 41.7 Å². The molecule has 0 heterocycles. The first kappa shape index (κ1) is 22.8. The molecule has 0 radical (unpaired) electrons. The molecular formula is C23H18F4N2O3. The second-order valence-corrected chi connectivity index (χ2v) is 6.85. The lowest BCUT2D eigenvalue weighted by Crippen LogP contribution is -2.22. The third-order valence-corrected chi connectivity index (χ3v) is 4.33. The summed E-state index contributed by atoms with van der Waals surface area (Å²) in [4.78, 5) is 24.3. The molecule has 0 unspecified atom stereocenters. The Balaban J connectivity index is 1.74. The van der Waals surface area contributed by atoms with Crippen molar-refractivity contribution < 1.29 is 31.9 Å². The van der Waals surface area contributed by atoms with E-state index in [1.165, 1.54) is 24.3 Å². The van der Waals surface area contributed by atoms with Gasteiger partial charge in [-0.3, -0.25) is 9.59 Å². The number of hydrogen-bond acceptors (Lipinski definition) is 3. The molecule has 0 aromatic heterocycles. The first-order valence-corrected chi connectivity index (χ1v) is 9.40. The summed E-state index contributed by atoms with van der Waals surface area (Å²) in [5, 5.41) is 4.39. The molecular weight excluding hydrogens is 428 g/mol. The van der Waals surface area contributed by atoms with Gasteiger partial charge in [-0.1, -0.05) is 24.3 Å². The standard InChI is InChI=1S/C23H18F4N2O3/c1-14-5-4-6-16(11-14)32-13-21(30)29-20-10-9-15(12-18(20)23(25,26)27)28-22(31)17-7-2-3-8-19(17)24/h2-12H,13H2,1H3,(H,28,31)(H,29,30). The molecule has 5 nitrogen and oxygen atoms in total. The zero-order valence-electron chi connectivity index (χ0n) is 16.8. The van der Waals surface area contributed by atoms with Crippen molar-refractivity contribution in [2.75, 3.05) is 17.2 Å². The van der Waals surface area contributed by atoms with Crippen LogP contribution in [0.25, 0.3) is 0 Å². The van der Waals surface area contributed by atoms with Crippen molar-refractivity contribution >= 4 is 23.2 Å². The SMILES string of the molecule is Cc1cccc(OCC(=O)Nc2ccc(NC(=O)c3ccccc3F)cc2C(F)(F)F)c1. The number of ether oxygens (including phenoxy) is 1. The monoisotopic (exact) mass is 446 g/mol. The van der Waals surface area contributed by atoms with Gasteiger partial charge in [-0.05, 0) is 55.0 Å². The first-order valence-electron chi connectivity index (χ1n) is 9.40. The fraction of sp³-hybridized carbons (Fsp3) is 0.130. The van der Waals surface area contributed by atoms with Crippen molar-refractivity contribution in [3.05, 3.63) is 89.2 Å². The highest BCUT2D eigenvalue weighted by Gasteiger charge is 2.34. The number of nitrogens with one attached hydrogen (secondary N) is 2. The van der Waals surface area contributed by atoms with E-state index in [0.717, 1.165) is 17.7 Å². The molecule has 0 atom stereocenters. The molecule has 3 aromatic carbocycles. The zero-order valence-corrected chi connectivity index (χ0v) is 16.8. The van der Waals surface area contributed by atoms with Crippen LogP contribution in [0.5, 0.6) is 5.75 Å². The maximum absolute atomic E-state index is 13.7. The summed E-state index contributed by atoms with van der Waals surface area (Å²) < 4.78 is 59.7. The van der Waals surface area contributed by atoms with Crippen molar-refractivity contribution in [2.24, 2.45) is 0 Å². The Hall–Kier alpha value is -3.88. The minimum absolute atomic E-state index is 0.209. The summed E-state index contributed by atoms with van der Waals surface area (Å²) in [6.45, 7) is 1.33.